The van der Waals surface area contributed by atoms with Crippen molar-refractivity contribution < 1.29 is 29.2 Å². The standard InChI is InChI=1S/C7H14O6/c1-11-2-3-12-4-5-13-7(10)6(8)9/h7,10H,2-5H2,1H3,(H,8,9). The second-order valence-corrected chi connectivity index (χ2v) is 2.17. The van der Waals surface area contributed by atoms with Crippen LogP contribution >= 0.6 is 0 Å². The number of aliphatic hydroxyl groups excluding tert-OH is 1. The molecule has 0 amide bonds. The Balaban J connectivity index is 3.11. The number of hydrogen-bond donors (Lipinski definition) is 2. The SMILES string of the molecule is COCCOCCOC(O)C(=O)O. The van der Waals surface area contributed by atoms with E-state index in [1.807, 2.05) is 0 Å². The maximum absolute atomic E-state index is 10.0. The molecule has 0 aromatic carbocycles. The molecule has 0 saturated heterocycles. The van der Waals surface area contributed by atoms with Crippen LogP contribution < -0.4 is 0 Å². The number of hydrogen-bond acceptors (Lipinski definition) is 5. The van der Waals surface area contributed by atoms with Crippen LogP contribution in [0.25, 0.3) is 0 Å². The van der Waals surface area contributed by atoms with E-state index in [1.165, 1.54) is 0 Å². The summed E-state index contributed by atoms with van der Waals surface area (Å²) in [5.41, 5.74) is 0. The van der Waals surface area contributed by atoms with Gasteiger partial charge in [0.2, 0.25) is 0 Å². The lowest BCUT2D eigenvalue weighted by Gasteiger charge is -2.07. The van der Waals surface area contributed by atoms with Crippen molar-refractivity contribution in [3.8, 4) is 0 Å². The summed E-state index contributed by atoms with van der Waals surface area (Å²) in [5.74, 6) is -1.41. The van der Waals surface area contributed by atoms with Crippen molar-refractivity contribution in [3.63, 3.8) is 0 Å². The molecule has 0 fully saturated rings. The van der Waals surface area contributed by atoms with Crippen LogP contribution in [0, 0.1) is 0 Å². The number of aliphatic hydroxyl groups is 1. The molecule has 0 radical (unpaired) electrons. The molecule has 1 atom stereocenters. The van der Waals surface area contributed by atoms with Gasteiger partial charge in [-0.3, -0.25) is 0 Å². The zero-order valence-electron chi connectivity index (χ0n) is 7.43. The van der Waals surface area contributed by atoms with E-state index < -0.39 is 12.3 Å². The average molecular weight is 194 g/mol. The molecule has 0 heterocycles. The van der Waals surface area contributed by atoms with Gasteiger partial charge in [0.05, 0.1) is 26.4 Å². The Bertz CT molecular complexity index is 137. The molecule has 0 aromatic heterocycles. The second kappa shape index (κ2) is 7.93. The molecular weight excluding hydrogens is 180 g/mol. The Kier molecular flexibility index (Phi) is 7.51. The molecule has 0 aliphatic carbocycles. The third-order valence-electron chi connectivity index (χ3n) is 1.15. The van der Waals surface area contributed by atoms with E-state index in [0.717, 1.165) is 0 Å². The minimum absolute atomic E-state index is 0.0389. The van der Waals surface area contributed by atoms with Crippen LogP contribution in [-0.4, -0.2) is 56.0 Å². The van der Waals surface area contributed by atoms with Gasteiger partial charge in [0.15, 0.2) is 0 Å². The van der Waals surface area contributed by atoms with Crippen molar-refractivity contribution in [2.24, 2.45) is 0 Å². The van der Waals surface area contributed by atoms with Gasteiger partial charge in [-0.05, 0) is 0 Å². The summed E-state index contributed by atoms with van der Waals surface area (Å²) in [4.78, 5) is 10.0. The summed E-state index contributed by atoms with van der Waals surface area (Å²) in [7, 11) is 1.55. The monoisotopic (exact) mass is 194 g/mol. The molecule has 1 unspecified atom stereocenters. The van der Waals surface area contributed by atoms with Crippen LogP contribution in [-0.2, 0) is 19.0 Å². The molecular formula is C7H14O6. The van der Waals surface area contributed by atoms with Crippen molar-refractivity contribution in [3.05, 3.63) is 0 Å². The first-order chi connectivity index (χ1) is 6.18. The van der Waals surface area contributed by atoms with Gasteiger partial charge in [0.1, 0.15) is 0 Å². The lowest BCUT2D eigenvalue weighted by Crippen LogP contribution is -2.25. The van der Waals surface area contributed by atoms with Crippen molar-refractivity contribution in [2.75, 3.05) is 33.5 Å². The van der Waals surface area contributed by atoms with E-state index in [4.69, 9.17) is 19.7 Å². The predicted molar refractivity (Wildman–Crippen MR) is 42.3 cm³/mol. The van der Waals surface area contributed by atoms with Crippen molar-refractivity contribution >= 4 is 5.97 Å². The fraction of sp³-hybridized carbons (Fsp3) is 0.857. The fourth-order valence-electron chi connectivity index (χ4n) is 0.534. The van der Waals surface area contributed by atoms with E-state index in [2.05, 4.69) is 4.74 Å². The quantitative estimate of drug-likeness (QED) is 0.383. The Labute approximate surface area is 76.0 Å². The van der Waals surface area contributed by atoms with E-state index in [9.17, 15) is 4.79 Å². The molecule has 0 aliphatic heterocycles. The van der Waals surface area contributed by atoms with E-state index >= 15 is 0 Å². The summed E-state index contributed by atoms with van der Waals surface area (Å²) < 4.78 is 14.1. The number of ether oxygens (including phenoxy) is 3. The molecule has 13 heavy (non-hydrogen) atoms. The van der Waals surface area contributed by atoms with Crippen LogP contribution in [0.5, 0.6) is 0 Å². The van der Waals surface area contributed by atoms with Gasteiger partial charge in [-0.1, -0.05) is 0 Å². The van der Waals surface area contributed by atoms with Crippen LogP contribution in [0.2, 0.25) is 0 Å². The van der Waals surface area contributed by atoms with Crippen LogP contribution in [0.15, 0.2) is 0 Å². The van der Waals surface area contributed by atoms with Gasteiger partial charge < -0.3 is 24.4 Å². The minimum atomic E-state index is -1.77. The molecule has 0 spiro atoms. The Morgan fingerprint density at radius 1 is 1.31 bits per heavy atom. The van der Waals surface area contributed by atoms with Crippen molar-refractivity contribution in [2.45, 2.75) is 6.29 Å². The zero-order chi connectivity index (χ0) is 10.1. The van der Waals surface area contributed by atoms with Gasteiger partial charge in [-0.15, -0.1) is 0 Å². The van der Waals surface area contributed by atoms with Crippen molar-refractivity contribution in [1.29, 1.82) is 0 Å². The highest BCUT2D eigenvalue weighted by atomic mass is 16.6. The Morgan fingerprint density at radius 2 is 1.92 bits per heavy atom. The molecule has 78 valence electrons. The first-order valence-corrected chi connectivity index (χ1v) is 3.77. The van der Waals surface area contributed by atoms with Crippen LogP contribution in [0.1, 0.15) is 0 Å². The van der Waals surface area contributed by atoms with E-state index in [0.29, 0.717) is 13.2 Å². The number of rotatable bonds is 8. The van der Waals surface area contributed by atoms with Crippen LogP contribution in [0.4, 0.5) is 0 Å². The molecule has 0 bridgehead atoms. The smallest absolute Gasteiger partial charge is 0.360 e. The fourth-order valence-corrected chi connectivity index (χ4v) is 0.534. The summed E-state index contributed by atoms with van der Waals surface area (Å²) in [6.45, 7) is 1.16. The third-order valence-corrected chi connectivity index (χ3v) is 1.15. The third kappa shape index (κ3) is 7.66. The summed E-state index contributed by atoms with van der Waals surface area (Å²) in [6, 6.07) is 0. The van der Waals surface area contributed by atoms with Gasteiger partial charge in [0, 0.05) is 7.11 Å². The summed E-state index contributed by atoms with van der Waals surface area (Å²) >= 11 is 0. The second-order valence-electron chi connectivity index (χ2n) is 2.17. The molecule has 0 aliphatic rings. The number of aliphatic carboxylic acids is 1. The first-order valence-electron chi connectivity index (χ1n) is 3.77. The topological polar surface area (TPSA) is 85.2 Å². The first kappa shape index (κ1) is 12.3. The van der Waals surface area contributed by atoms with E-state index in [-0.39, 0.29) is 13.2 Å². The highest BCUT2D eigenvalue weighted by molar-refractivity contribution is 5.70. The van der Waals surface area contributed by atoms with Crippen molar-refractivity contribution in [1.82, 2.24) is 0 Å². The molecule has 0 rings (SSSR count). The molecule has 2 N–H and O–H groups in total. The Hall–Kier alpha value is -0.690. The number of carbonyl (C=O) groups is 1. The van der Waals surface area contributed by atoms with E-state index in [1.54, 1.807) is 7.11 Å². The lowest BCUT2D eigenvalue weighted by atomic mass is 10.6. The number of carboxylic acids is 1. The maximum atomic E-state index is 10.0. The average Bonchev–Trinajstić information content (AvgIpc) is 2.10. The largest absolute Gasteiger partial charge is 0.477 e. The zero-order valence-corrected chi connectivity index (χ0v) is 7.43. The number of carboxylic acid groups (broad SMARTS) is 1. The highest BCUT2D eigenvalue weighted by Gasteiger charge is 2.12. The Morgan fingerprint density at radius 3 is 2.46 bits per heavy atom. The molecule has 6 heteroatoms. The summed E-state index contributed by atoms with van der Waals surface area (Å²) in [6.07, 6.45) is -1.77. The lowest BCUT2D eigenvalue weighted by molar-refractivity contribution is -0.178. The predicted octanol–water partition coefficient (Wildman–Crippen LogP) is -0.931. The van der Waals surface area contributed by atoms with Crippen LogP contribution in [0.3, 0.4) is 0 Å². The molecule has 0 saturated carbocycles. The van der Waals surface area contributed by atoms with Gasteiger partial charge in [-0.25, -0.2) is 4.79 Å². The molecule has 0 aromatic rings. The molecule has 6 nitrogen and oxygen atoms in total. The number of methoxy groups -OCH3 is 1. The van der Waals surface area contributed by atoms with Gasteiger partial charge in [0.25, 0.3) is 6.29 Å². The highest BCUT2D eigenvalue weighted by Crippen LogP contribution is 1.87. The normalized spacial score (nSPS) is 12.8. The maximum Gasteiger partial charge on any atom is 0.360 e. The van der Waals surface area contributed by atoms with Gasteiger partial charge in [-0.2, -0.15) is 0 Å². The minimum Gasteiger partial charge on any atom is -0.477 e. The van der Waals surface area contributed by atoms with Gasteiger partial charge >= 0.3 is 5.97 Å². The summed E-state index contributed by atoms with van der Waals surface area (Å²) in [5, 5.41) is 16.8.